The number of amides is 1. The van der Waals surface area contributed by atoms with E-state index in [0.717, 1.165) is 0 Å². The molecule has 67 valence electrons. The first kappa shape index (κ1) is 8.23. The maximum atomic E-state index is 12.4. The largest absolute Gasteiger partial charge is 0.333 e. The molecule has 0 aromatic heterocycles. The van der Waals surface area contributed by atoms with Crippen molar-refractivity contribution in [2.24, 2.45) is 0 Å². The quantitative estimate of drug-likeness (QED) is 0.634. The van der Waals surface area contributed by atoms with Gasteiger partial charge in [0.15, 0.2) is 0 Å². The Morgan fingerprint density at radius 1 is 1.46 bits per heavy atom. The van der Waals surface area contributed by atoms with Crippen molar-refractivity contribution in [2.45, 2.75) is 6.17 Å². The van der Waals surface area contributed by atoms with Crippen LogP contribution in [0.4, 0.5) is 4.39 Å². The fourth-order valence-corrected chi connectivity index (χ4v) is 1.30. The summed E-state index contributed by atoms with van der Waals surface area (Å²) < 4.78 is 12.4. The van der Waals surface area contributed by atoms with Crippen LogP contribution in [-0.2, 0) is 0 Å². The first-order chi connectivity index (χ1) is 6.27. The van der Waals surface area contributed by atoms with Gasteiger partial charge in [-0.1, -0.05) is 12.1 Å². The molecule has 0 unspecified atom stereocenters. The van der Waals surface area contributed by atoms with Gasteiger partial charge in [-0.05, 0) is 18.2 Å². The second-order valence-electron chi connectivity index (χ2n) is 3.10. The number of hydrogen-bond acceptors (Lipinski definition) is 1. The van der Waals surface area contributed by atoms with E-state index < -0.39 is 6.17 Å². The van der Waals surface area contributed by atoms with Crippen LogP contribution in [0.1, 0.15) is 10.4 Å². The van der Waals surface area contributed by atoms with Gasteiger partial charge in [0.2, 0.25) is 0 Å². The SMILES string of the molecule is O=C(c1cc[c]cc1)N1CC(F)C1. The molecular weight excluding hydrogens is 169 g/mol. The molecule has 1 aliphatic rings. The van der Waals surface area contributed by atoms with Crippen molar-refractivity contribution in [2.75, 3.05) is 13.1 Å². The molecule has 13 heavy (non-hydrogen) atoms. The minimum absolute atomic E-state index is 0.0945. The van der Waals surface area contributed by atoms with Gasteiger partial charge in [-0.2, -0.15) is 0 Å². The molecule has 3 heteroatoms. The maximum Gasteiger partial charge on any atom is 0.254 e. The summed E-state index contributed by atoms with van der Waals surface area (Å²) in [5.74, 6) is -0.0945. The van der Waals surface area contributed by atoms with E-state index in [-0.39, 0.29) is 19.0 Å². The lowest BCUT2D eigenvalue weighted by molar-refractivity contribution is 0.0400. The van der Waals surface area contributed by atoms with E-state index >= 15 is 0 Å². The molecule has 0 bridgehead atoms. The molecule has 0 aliphatic carbocycles. The zero-order chi connectivity index (χ0) is 9.26. The Morgan fingerprint density at radius 2 is 2.08 bits per heavy atom. The first-order valence-electron chi connectivity index (χ1n) is 4.17. The molecule has 1 fully saturated rings. The number of benzene rings is 1. The minimum atomic E-state index is -0.834. The van der Waals surface area contributed by atoms with Crippen molar-refractivity contribution < 1.29 is 9.18 Å². The average molecular weight is 178 g/mol. The van der Waals surface area contributed by atoms with E-state index in [2.05, 4.69) is 6.07 Å². The Morgan fingerprint density at radius 3 is 2.62 bits per heavy atom. The van der Waals surface area contributed by atoms with Gasteiger partial charge >= 0.3 is 0 Å². The molecule has 0 saturated carbocycles. The van der Waals surface area contributed by atoms with Gasteiger partial charge < -0.3 is 4.90 Å². The summed E-state index contributed by atoms with van der Waals surface area (Å²) in [7, 11) is 0. The molecule has 0 N–H and O–H groups in total. The molecular formula is C10H9FNO. The van der Waals surface area contributed by atoms with Crippen molar-refractivity contribution in [1.29, 1.82) is 0 Å². The fraction of sp³-hybridized carbons (Fsp3) is 0.300. The van der Waals surface area contributed by atoms with Gasteiger partial charge in [0, 0.05) is 5.56 Å². The summed E-state index contributed by atoms with van der Waals surface area (Å²) in [6.07, 6.45) is -0.834. The first-order valence-corrected chi connectivity index (χ1v) is 4.17. The van der Waals surface area contributed by atoms with Crippen LogP contribution in [0.5, 0.6) is 0 Å². The van der Waals surface area contributed by atoms with Crippen molar-refractivity contribution in [1.82, 2.24) is 4.90 Å². The van der Waals surface area contributed by atoms with Crippen LogP contribution < -0.4 is 0 Å². The number of carbonyl (C=O) groups is 1. The van der Waals surface area contributed by atoms with Crippen molar-refractivity contribution in [3.8, 4) is 0 Å². The summed E-state index contributed by atoms with van der Waals surface area (Å²) >= 11 is 0. The monoisotopic (exact) mass is 178 g/mol. The Hall–Kier alpha value is -1.38. The number of alkyl halides is 1. The van der Waals surface area contributed by atoms with E-state index in [1.165, 1.54) is 4.90 Å². The van der Waals surface area contributed by atoms with E-state index in [9.17, 15) is 9.18 Å². The van der Waals surface area contributed by atoms with Gasteiger partial charge in [0.25, 0.3) is 5.91 Å². The predicted octanol–water partition coefficient (Wildman–Crippen LogP) is 1.28. The summed E-state index contributed by atoms with van der Waals surface area (Å²) in [5.41, 5.74) is 0.602. The number of hydrogen-bond donors (Lipinski definition) is 0. The van der Waals surface area contributed by atoms with Crippen LogP contribution >= 0.6 is 0 Å². The molecule has 2 rings (SSSR count). The van der Waals surface area contributed by atoms with Crippen LogP contribution in [0.15, 0.2) is 24.3 Å². The smallest absolute Gasteiger partial charge is 0.254 e. The fourth-order valence-electron chi connectivity index (χ4n) is 1.30. The third kappa shape index (κ3) is 1.54. The standard InChI is InChI=1S/C10H9FNO/c11-9-6-12(7-9)10(13)8-4-2-1-3-5-8/h2-5,9H,6-7H2. The highest BCUT2D eigenvalue weighted by Gasteiger charge is 2.30. The number of rotatable bonds is 1. The normalized spacial score (nSPS) is 16.8. The van der Waals surface area contributed by atoms with Gasteiger partial charge in [-0.15, -0.1) is 0 Å². The van der Waals surface area contributed by atoms with Gasteiger partial charge in [-0.3, -0.25) is 4.79 Å². The Kier molecular flexibility index (Phi) is 2.00. The number of nitrogens with zero attached hydrogens (tertiary/aromatic N) is 1. The van der Waals surface area contributed by atoms with Crippen LogP contribution in [0.25, 0.3) is 0 Å². The van der Waals surface area contributed by atoms with Gasteiger partial charge in [-0.25, -0.2) is 4.39 Å². The highest BCUT2D eigenvalue weighted by Crippen LogP contribution is 2.14. The number of halogens is 1. The van der Waals surface area contributed by atoms with Crippen LogP contribution in [-0.4, -0.2) is 30.1 Å². The summed E-state index contributed by atoms with van der Waals surface area (Å²) in [6, 6.07) is 9.56. The number of likely N-dealkylation sites (tertiary alicyclic amines) is 1. The Labute approximate surface area is 76.0 Å². The lowest BCUT2D eigenvalue weighted by Gasteiger charge is -2.34. The topological polar surface area (TPSA) is 20.3 Å². The summed E-state index contributed by atoms with van der Waals surface area (Å²) in [5, 5.41) is 0. The van der Waals surface area contributed by atoms with Gasteiger partial charge in [0.05, 0.1) is 13.1 Å². The van der Waals surface area contributed by atoms with E-state index in [0.29, 0.717) is 5.56 Å². The lowest BCUT2D eigenvalue weighted by atomic mass is 10.1. The molecule has 1 saturated heterocycles. The molecule has 1 amide bonds. The zero-order valence-corrected chi connectivity index (χ0v) is 7.03. The predicted molar refractivity (Wildman–Crippen MR) is 46.1 cm³/mol. The highest BCUT2D eigenvalue weighted by atomic mass is 19.1. The summed E-state index contributed by atoms with van der Waals surface area (Å²) in [4.78, 5) is 13.0. The van der Waals surface area contributed by atoms with E-state index in [4.69, 9.17) is 0 Å². The molecule has 2 nitrogen and oxygen atoms in total. The van der Waals surface area contributed by atoms with E-state index in [1.54, 1.807) is 24.3 Å². The second kappa shape index (κ2) is 3.17. The van der Waals surface area contributed by atoms with Crippen molar-refractivity contribution >= 4 is 5.91 Å². The second-order valence-corrected chi connectivity index (χ2v) is 3.10. The number of carbonyl (C=O) groups excluding carboxylic acids is 1. The average Bonchev–Trinajstić information content (AvgIpc) is 2.13. The molecule has 0 atom stereocenters. The van der Waals surface area contributed by atoms with Crippen LogP contribution in [0.3, 0.4) is 0 Å². The minimum Gasteiger partial charge on any atom is -0.333 e. The maximum absolute atomic E-state index is 12.4. The molecule has 1 aromatic carbocycles. The van der Waals surface area contributed by atoms with E-state index in [1.807, 2.05) is 0 Å². The van der Waals surface area contributed by atoms with Crippen LogP contribution in [0.2, 0.25) is 0 Å². The van der Waals surface area contributed by atoms with Crippen molar-refractivity contribution in [3.63, 3.8) is 0 Å². The molecule has 1 aliphatic heterocycles. The zero-order valence-electron chi connectivity index (χ0n) is 7.03. The van der Waals surface area contributed by atoms with Crippen molar-refractivity contribution in [3.05, 3.63) is 35.9 Å². The molecule has 1 aromatic rings. The summed E-state index contributed by atoms with van der Waals surface area (Å²) in [6.45, 7) is 0.467. The third-order valence-corrected chi connectivity index (χ3v) is 2.09. The molecule has 1 heterocycles. The Bertz CT molecular complexity index is 306. The Balaban J connectivity index is 2.06. The van der Waals surface area contributed by atoms with Crippen LogP contribution in [0, 0.1) is 6.07 Å². The highest BCUT2D eigenvalue weighted by molar-refractivity contribution is 5.94. The van der Waals surface area contributed by atoms with Gasteiger partial charge in [0.1, 0.15) is 6.17 Å². The third-order valence-electron chi connectivity index (χ3n) is 2.09. The lowest BCUT2D eigenvalue weighted by Crippen LogP contribution is -2.51. The molecule has 1 radical (unpaired) electrons. The molecule has 0 spiro atoms.